The van der Waals surface area contributed by atoms with Gasteiger partial charge in [0, 0.05) is 10.7 Å². The van der Waals surface area contributed by atoms with E-state index in [-0.39, 0.29) is 5.69 Å². The van der Waals surface area contributed by atoms with Gasteiger partial charge in [0.25, 0.3) is 0 Å². The smallest absolute Gasteiger partial charge is 0.420 e. The predicted octanol–water partition coefficient (Wildman–Crippen LogP) is 4.19. The van der Waals surface area contributed by atoms with Crippen LogP contribution in [0.5, 0.6) is 0 Å². The third-order valence-electron chi connectivity index (χ3n) is 2.71. The normalized spacial score (nSPS) is 11.3. The summed E-state index contributed by atoms with van der Waals surface area (Å²) in [6.45, 7) is 5.39. The van der Waals surface area contributed by atoms with E-state index >= 15 is 0 Å². The number of rotatable bonds is 1. The fourth-order valence-corrected chi connectivity index (χ4v) is 2.28. The molecule has 1 aromatic heterocycles. The molecule has 0 aliphatic carbocycles. The molecule has 0 bridgehead atoms. The molecule has 2 aromatic rings. The lowest BCUT2D eigenvalue weighted by Crippen LogP contribution is -2.27. The van der Waals surface area contributed by atoms with Crippen molar-refractivity contribution in [1.29, 1.82) is 5.26 Å². The highest BCUT2D eigenvalue weighted by molar-refractivity contribution is 9.08. The Morgan fingerprint density at radius 3 is 2.65 bits per heavy atom. The highest BCUT2D eigenvalue weighted by Crippen LogP contribution is 2.23. The Morgan fingerprint density at radius 2 is 2.10 bits per heavy atom. The molecule has 4 nitrogen and oxygen atoms in total. The Hall–Kier alpha value is -1.80. The summed E-state index contributed by atoms with van der Waals surface area (Å²) < 4.78 is 6.67. The molecule has 0 N–H and O–H groups in total. The maximum absolute atomic E-state index is 12.2. The van der Waals surface area contributed by atoms with Crippen molar-refractivity contribution in [2.24, 2.45) is 0 Å². The minimum atomic E-state index is -0.601. The molecule has 20 heavy (non-hydrogen) atoms. The molecule has 0 fully saturated rings. The van der Waals surface area contributed by atoms with Crippen molar-refractivity contribution in [3.05, 3.63) is 35.5 Å². The summed E-state index contributed by atoms with van der Waals surface area (Å²) in [5.74, 6) is 0. The molecule has 0 atom stereocenters. The number of carbonyl (C=O) groups is 1. The molecule has 0 aliphatic heterocycles. The number of ether oxygens (including phenoxy) is 1. The van der Waals surface area contributed by atoms with Gasteiger partial charge in [0.1, 0.15) is 17.4 Å². The zero-order valence-electron chi connectivity index (χ0n) is 11.6. The first-order valence-electron chi connectivity index (χ1n) is 6.19. The van der Waals surface area contributed by atoms with Crippen LogP contribution in [-0.2, 0) is 10.1 Å². The monoisotopic (exact) mass is 334 g/mol. The van der Waals surface area contributed by atoms with Crippen LogP contribution < -0.4 is 0 Å². The summed E-state index contributed by atoms with van der Waals surface area (Å²) in [4.78, 5) is 12.2. The second-order valence-electron chi connectivity index (χ2n) is 5.48. The minimum Gasteiger partial charge on any atom is -0.443 e. The molecule has 0 aliphatic rings. The van der Waals surface area contributed by atoms with Gasteiger partial charge in [0.05, 0.1) is 5.52 Å². The maximum Gasteiger partial charge on any atom is 0.420 e. The Balaban J connectivity index is 2.57. The van der Waals surface area contributed by atoms with Crippen LogP contribution in [0, 0.1) is 11.3 Å². The number of nitriles is 1. The van der Waals surface area contributed by atoms with E-state index in [0.717, 1.165) is 16.3 Å². The summed E-state index contributed by atoms with van der Waals surface area (Å²) in [5, 5.41) is 10.8. The molecule has 104 valence electrons. The summed E-state index contributed by atoms with van der Waals surface area (Å²) in [5.41, 5.74) is 1.45. The van der Waals surface area contributed by atoms with Gasteiger partial charge in [0.2, 0.25) is 0 Å². The Labute approximate surface area is 126 Å². The molecule has 0 saturated heterocycles. The van der Waals surface area contributed by atoms with Gasteiger partial charge in [-0.15, -0.1) is 0 Å². The highest BCUT2D eigenvalue weighted by Gasteiger charge is 2.22. The number of hydrogen-bond acceptors (Lipinski definition) is 3. The van der Waals surface area contributed by atoms with Gasteiger partial charge in [-0.1, -0.05) is 22.0 Å². The first-order valence-corrected chi connectivity index (χ1v) is 7.31. The first kappa shape index (κ1) is 14.6. The van der Waals surface area contributed by atoms with E-state index in [4.69, 9.17) is 4.74 Å². The van der Waals surface area contributed by atoms with Gasteiger partial charge in [-0.2, -0.15) is 5.26 Å². The molecule has 1 heterocycles. The first-order chi connectivity index (χ1) is 9.35. The van der Waals surface area contributed by atoms with E-state index in [1.165, 1.54) is 4.57 Å². The number of aromatic nitrogens is 1. The van der Waals surface area contributed by atoms with E-state index < -0.39 is 11.7 Å². The van der Waals surface area contributed by atoms with Gasteiger partial charge in [-0.25, -0.2) is 9.36 Å². The number of carbonyl (C=O) groups excluding carboxylic acids is 1. The SMILES string of the molecule is CC(C)(C)OC(=O)n1c(C#N)cc2cc(CBr)ccc21. The summed E-state index contributed by atoms with van der Waals surface area (Å²) >= 11 is 3.39. The van der Waals surface area contributed by atoms with Crippen molar-refractivity contribution in [3.63, 3.8) is 0 Å². The van der Waals surface area contributed by atoms with E-state index in [1.54, 1.807) is 26.8 Å². The van der Waals surface area contributed by atoms with Crippen molar-refractivity contribution in [3.8, 4) is 6.07 Å². The predicted molar refractivity (Wildman–Crippen MR) is 80.9 cm³/mol. The van der Waals surface area contributed by atoms with Crippen LogP contribution in [0.15, 0.2) is 24.3 Å². The molecular formula is C15H15BrN2O2. The fourth-order valence-electron chi connectivity index (χ4n) is 1.93. The lowest BCUT2D eigenvalue weighted by atomic mass is 10.2. The van der Waals surface area contributed by atoms with E-state index in [0.29, 0.717) is 5.52 Å². The summed E-state index contributed by atoms with van der Waals surface area (Å²) in [6.07, 6.45) is -0.532. The van der Waals surface area contributed by atoms with Crippen molar-refractivity contribution in [2.45, 2.75) is 31.7 Å². The second kappa shape index (κ2) is 5.29. The minimum absolute atomic E-state index is 0.279. The van der Waals surface area contributed by atoms with Crippen LogP contribution in [-0.4, -0.2) is 16.3 Å². The molecule has 5 heteroatoms. The number of alkyl halides is 1. The summed E-state index contributed by atoms with van der Waals surface area (Å²) in [7, 11) is 0. The van der Waals surface area contributed by atoms with E-state index in [2.05, 4.69) is 15.9 Å². The molecule has 0 saturated carbocycles. The number of benzene rings is 1. The van der Waals surface area contributed by atoms with Gasteiger partial charge in [-0.3, -0.25) is 0 Å². The Bertz CT molecular complexity index is 705. The molecule has 1 aromatic carbocycles. The lowest BCUT2D eigenvalue weighted by Gasteiger charge is -2.20. The Kier molecular flexibility index (Phi) is 3.87. The average Bonchev–Trinajstić information content (AvgIpc) is 2.73. The van der Waals surface area contributed by atoms with Gasteiger partial charge < -0.3 is 4.74 Å². The molecule has 2 rings (SSSR count). The molecule has 0 radical (unpaired) electrons. The van der Waals surface area contributed by atoms with Crippen LogP contribution in [0.3, 0.4) is 0 Å². The van der Waals surface area contributed by atoms with Crippen LogP contribution in [0.2, 0.25) is 0 Å². The molecule has 0 unspecified atom stereocenters. The van der Waals surface area contributed by atoms with E-state index in [1.807, 2.05) is 24.3 Å². The largest absolute Gasteiger partial charge is 0.443 e. The fraction of sp³-hybridized carbons (Fsp3) is 0.333. The maximum atomic E-state index is 12.2. The van der Waals surface area contributed by atoms with E-state index in [9.17, 15) is 10.1 Å². The third-order valence-corrected chi connectivity index (χ3v) is 3.36. The van der Waals surface area contributed by atoms with Gasteiger partial charge >= 0.3 is 6.09 Å². The molecular weight excluding hydrogens is 320 g/mol. The second-order valence-corrected chi connectivity index (χ2v) is 6.04. The van der Waals surface area contributed by atoms with Gasteiger partial charge in [0.15, 0.2) is 0 Å². The standard InChI is InChI=1S/C15H15BrN2O2/c1-15(2,3)20-14(19)18-12(9-17)7-11-6-10(8-16)4-5-13(11)18/h4-7H,8H2,1-3H3. The van der Waals surface area contributed by atoms with Crippen molar-refractivity contribution < 1.29 is 9.53 Å². The zero-order valence-corrected chi connectivity index (χ0v) is 13.2. The molecule has 0 amide bonds. The Morgan fingerprint density at radius 1 is 1.40 bits per heavy atom. The van der Waals surface area contributed by atoms with Crippen LogP contribution >= 0.6 is 15.9 Å². The number of halogens is 1. The van der Waals surface area contributed by atoms with Gasteiger partial charge in [-0.05, 0) is 44.5 Å². The van der Waals surface area contributed by atoms with Crippen molar-refractivity contribution in [1.82, 2.24) is 4.57 Å². The lowest BCUT2D eigenvalue weighted by molar-refractivity contribution is 0.0543. The topological polar surface area (TPSA) is 55.0 Å². The third kappa shape index (κ3) is 2.86. The number of nitrogens with zero attached hydrogens (tertiary/aromatic N) is 2. The van der Waals surface area contributed by atoms with Crippen molar-refractivity contribution >= 4 is 32.9 Å². The average molecular weight is 335 g/mol. The van der Waals surface area contributed by atoms with Crippen LogP contribution in [0.1, 0.15) is 32.0 Å². The quantitative estimate of drug-likeness (QED) is 0.734. The molecule has 0 spiro atoms. The number of fused-ring (bicyclic) bond motifs is 1. The van der Waals surface area contributed by atoms with Crippen LogP contribution in [0.4, 0.5) is 4.79 Å². The van der Waals surface area contributed by atoms with Crippen LogP contribution in [0.25, 0.3) is 10.9 Å². The summed E-state index contributed by atoms with van der Waals surface area (Å²) in [6, 6.07) is 9.44. The number of hydrogen-bond donors (Lipinski definition) is 0. The van der Waals surface area contributed by atoms with Crippen molar-refractivity contribution in [2.75, 3.05) is 0 Å². The highest BCUT2D eigenvalue weighted by atomic mass is 79.9. The zero-order chi connectivity index (χ0) is 14.9.